The third-order valence-corrected chi connectivity index (χ3v) is 3.51. The summed E-state index contributed by atoms with van der Waals surface area (Å²) in [6.45, 7) is 0.693. The normalized spacial score (nSPS) is 15.3. The summed E-state index contributed by atoms with van der Waals surface area (Å²) in [5, 5.41) is 33.2. The highest BCUT2D eigenvalue weighted by Crippen LogP contribution is 1.96. The van der Waals surface area contributed by atoms with Crippen LogP contribution in [0.15, 0.2) is 0 Å². The Morgan fingerprint density at radius 2 is 1.85 bits per heavy atom. The summed E-state index contributed by atoms with van der Waals surface area (Å²) >= 11 is 4.94. The lowest BCUT2D eigenvalue weighted by atomic mass is 10.2. The molecule has 2 amide bonds. The number of carboxylic acid groups (broad SMARTS) is 1. The number of aliphatic hydroxyl groups is 2. The standard InChI is InChI=1S/C13H26N6O6S/c1-6(21)10(15)11(23)19(2)16-4-7(3-9(14)22)17-13(26)18-8(5-20)12(24)25/h6-8,10,16,20-21H,3-5,15H2,1-2H3,(H2,14,22)(H,24,25)(H2,17,18,26)/t6?,7-,8-,10-/m1/s1. The number of rotatable bonds is 11. The number of likely N-dealkylation sites (N-methyl/N-ethyl adjacent to an activating group) is 1. The van der Waals surface area contributed by atoms with Gasteiger partial charge in [0.15, 0.2) is 5.11 Å². The maximum Gasteiger partial charge on any atom is 0.328 e. The summed E-state index contributed by atoms with van der Waals surface area (Å²) in [4.78, 5) is 34.0. The predicted octanol–water partition coefficient (Wildman–Crippen LogP) is -4.19. The fourth-order valence-electron chi connectivity index (χ4n) is 1.74. The van der Waals surface area contributed by atoms with E-state index in [1.54, 1.807) is 0 Å². The topological polar surface area (TPSA) is 203 Å². The summed E-state index contributed by atoms with van der Waals surface area (Å²) in [6.07, 6.45) is -1.22. The van der Waals surface area contributed by atoms with Gasteiger partial charge in [-0.15, -0.1) is 0 Å². The lowest BCUT2D eigenvalue weighted by molar-refractivity contribution is -0.140. The van der Waals surface area contributed by atoms with Crippen molar-refractivity contribution in [1.82, 2.24) is 21.1 Å². The van der Waals surface area contributed by atoms with E-state index in [0.717, 1.165) is 5.01 Å². The van der Waals surface area contributed by atoms with Crippen LogP contribution in [0.3, 0.4) is 0 Å². The van der Waals surface area contributed by atoms with Crippen molar-refractivity contribution in [1.29, 1.82) is 0 Å². The number of aliphatic carboxylic acids is 1. The van der Waals surface area contributed by atoms with Gasteiger partial charge >= 0.3 is 5.97 Å². The van der Waals surface area contributed by atoms with Gasteiger partial charge in [0.1, 0.15) is 12.1 Å². The highest BCUT2D eigenvalue weighted by Gasteiger charge is 2.24. The van der Waals surface area contributed by atoms with Crippen LogP contribution in [0, 0.1) is 0 Å². The number of aliphatic hydroxyl groups excluding tert-OH is 2. The zero-order chi connectivity index (χ0) is 20.4. The molecule has 0 saturated heterocycles. The third-order valence-electron chi connectivity index (χ3n) is 3.28. The Morgan fingerprint density at radius 1 is 1.27 bits per heavy atom. The molecular formula is C13H26N6O6S. The number of carbonyl (C=O) groups excluding carboxylic acids is 2. The minimum Gasteiger partial charge on any atom is -0.480 e. The Bertz CT molecular complexity index is 519. The molecule has 10 N–H and O–H groups in total. The van der Waals surface area contributed by atoms with E-state index >= 15 is 0 Å². The minimum absolute atomic E-state index is 0.0103. The Labute approximate surface area is 155 Å². The van der Waals surface area contributed by atoms with E-state index in [9.17, 15) is 19.5 Å². The second kappa shape index (κ2) is 11.5. The van der Waals surface area contributed by atoms with Crippen LogP contribution in [-0.2, 0) is 14.4 Å². The lowest BCUT2D eigenvalue weighted by Gasteiger charge is -2.27. The molecule has 0 fully saturated rings. The van der Waals surface area contributed by atoms with E-state index in [2.05, 4.69) is 16.1 Å². The van der Waals surface area contributed by atoms with E-state index in [4.69, 9.17) is 33.9 Å². The number of nitrogens with zero attached hydrogens (tertiary/aromatic N) is 1. The minimum atomic E-state index is -1.31. The largest absolute Gasteiger partial charge is 0.480 e. The van der Waals surface area contributed by atoms with Gasteiger partial charge in [-0.3, -0.25) is 14.6 Å². The zero-order valence-corrected chi connectivity index (χ0v) is 15.3. The first-order chi connectivity index (χ1) is 12.0. The van der Waals surface area contributed by atoms with Crippen molar-refractivity contribution in [3.8, 4) is 0 Å². The Kier molecular flexibility index (Phi) is 10.6. The molecule has 13 heteroatoms. The van der Waals surface area contributed by atoms with E-state index in [1.807, 2.05) is 0 Å². The van der Waals surface area contributed by atoms with E-state index < -0.39 is 48.6 Å². The number of hydrazine groups is 1. The molecular weight excluding hydrogens is 368 g/mol. The monoisotopic (exact) mass is 394 g/mol. The van der Waals surface area contributed by atoms with Gasteiger partial charge in [-0.25, -0.2) is 10.2 Å². The molecule has 0 saturated carbocycles. The molecule has 0 aromatic carbocycles. The first-order valence-corrected chi connectivity index (χ1v) is 8.04. The molecule has 0 aliphatic carbocycles. The number of hydrogen-bond donors (Lipinski definition) is 8. The molecule has 12 nitrogen and oxygen atoms in total. The zero-order valence-electron chi connectivity index (χ0n) is 14.5. The Morgan fingerprint density at radius 3 is 2.27 bits per heavy atom. The van der Waals surface area contributed by atoms with E-state index in [-0.39, 0.29) is 18.1 Å². The average Bonchev–Trinajstić information content (AvgIpc) is 2.54. The number of primary amides is 1. The summed E-state index contributed by atoms with van der Waals surface area (Å²) in [6, 6.07) is -3.12. The van der Waals surface area contributed by atoms with Crippen molar-refractivity contribution < 1.29 is 29.7 Å². The van der Waals surface area contributed by atoms with E-state index in [0.29, 0.717) is 0 Å². The highest BCUT2D eigenvalue weighted by atomic mass is 32.1. The first kappa shape index (κ1) is 23.9. The first-order valence-electron chi connectivity index (χ1n) is 7.63. The molecule has 0 radical (unpaired) electrons. The third kappa shape index (κ3) is 8.87. The van der Waals surface area contributed by atoms with E-state index in [1.165, 1.54) is 14.0 Å². The van der Waals surface area contributed by atoms with Gasteiger partial charge in [0.05, 0.1) is 18.8 Å². The smallest absolute Gasteiger partial charge is 0.328 e. The SMILES string of the molecule is CC(O)[C@@H](N)C(=O)N(C)NC[C@@H](CC(N)=O)NC(=S)N[C@H](CO)C(=O)O. The number of carbonyl (C=O) groups is 3. The molecule has 4 atom stereocenters. The highest BCUT2D eigenvalue weighted by molar-refractivity contribution is 7.80. The molecule has 150 valence electrons. The van der Waals surface area contributed by atoms with Crippen molar-refractivity contribution in [2.24, 2.45) is 11.5 Å². The van der Waals surface area contributed by atoms with Crippen LogP contribution in [0.1, 0.15) is 13.3 Å². The molecule has 0 aliphatic rings. The summed E-state index contributed by atoms with van der Waals surface area (Å²) in [7, 11) is 1.38. The van der Waals surface area contributed by atoms with Crippen LogP contribution in [0.4, 0.5) is 0 Å². The number of thiocarbonyl (C=S) groups is 1. The Hall–Kier alpha value is -2.06. The van der Waals surface area contributed by atoms with Gasteiger partial charge in [0.25, 0.3) is 5.91 Å². The predicted molar refractivity (Wildman–Crippen MR) is 95.4 cm³/mol. The van der Waals surface area contributed by atoms with Gasteiger partial charge in [0, 0.05) is 20.0 Å². The van der Waals surface area contributed by atoms with Gasteiger partial charge in [0.2, 0.25) is 5.91 Å². The van der Waals surface area contributed by atoms with Crippen LogP contribution < -0.4 is 27.5 Å². The molecule has 0 aliphatic heterocycles. The quantitative estimate of drug-likeness (QED) is 0.125. The lowest BCUT2D eigenvalue weighted by Crippen LogP contribution is -2.57. The molecule has 0 heterocycles. The van der Waals surface area contributed by atoms with Crippen LogP contribution in [0.2, 0.25) is 0 Å². The van der Waals surface area contributed by atoms with Crippen LogP contribution in [0.5, 0.6) is 0 Å². The maximum atomic E-state index is 11.9. The molecule has 0 rings (SSSR count). The van der Waals surface area contributed by atoms with Crippen molar-refractivity contribution in [3.63, 3.8) is 0 Å². The van der Waals surface area contributed by atoms with Crippen LogP contribution in [-0.4, -0.2) is 87.7 Å². The Balaban J connectivity index is 4.75. The number of amides is 2. The van der Waals surface area contributed by atoms with Gasteiger partial charge < -0.3 is 37.4 Å². The second-order valence-corrected chi connectivity index (χ2v) is 5.99. The second-order valence-electron chi connectivity index (χ2n) is 5.58. The summed E-state index contributed by atoms with van der Waals surface area (Å²) in [5.41, 5.74) is 13.4. The average molecular weight is 394 g/mol. The molecule has 26 heavy (non-hydrogen) atoms. The maximum absolute atomic E-state index is 11.9. The number of nitrogens with two attached hydrogens (primary N) is 2. The molecule has 0 aromatic heterocycles. The summed E-state index contributed by atoms with van der Waals surface area (Å²) in [5.74, 6) is -2.54. The number of nitrogens with one attached hydrogen (secondary N) is 3. The number of hydrogen-bond acceptors (Lipinski definition) is 8. The summed E-state index contributed by atoms with van der Waals surface area (Å²) < 4.78 is 0. The van der Waals surface area contributed by atoms with Crippen molar-refractivity contribution in [2.45, 2.75) is 37.6 Å². The van der Waals surface area contributed by atoms with Crippen molar-refractivity contribution >= 4 is 35.1 Å². The fourth-order valence-corrected chi connectivity index (χ4v) is 2.05. The van der Waals surface area contributed by atoms with Crippen LogP contribution in [0.25, 0.3) is 0 Å². The molecule has 0 spiro atoms. The molecule has 0 bridgehead atoms. The van der Waals surface area contributed by atoms with Gasteiger partial charge in [-0.2, -0.15) is 0 Å². The van der Waals surface area contributed by atoms with Gasteiger partial charge in [-0.05, 0) is 19.1 Å². The van der Waals surface area contributed by atoms with Crippen molar-refractivity contribution in [2.75, 3.05) is 20.2 Å². The van der Waals surface area contributed by atoms with Crippen molar-refractivity contribution in [3.05, 3.63) is 0 Å². The molecule has 0 aromatic rings. The van der Waals surface area contributed by atoms with Crippen LogP contribution >= 0.6 is 12.2 Å². The fraction of sp³-hybridized carbons (Fsp3) is 0.692. The number of carboxylic acids is 1. The van der Waals surface area contributed by atoms with Gasteiger partial charge in [-0.1, -0.05) is 0 Å². The molecule has 1 unspecified atom stereocenters.